The Morgan fingerprint density at radius 2 is 1.92 bits per heavy atom. The third kappa shape index (κ3) is 5.04. The normalized spacial score (nSPS) is 22.7. The average Bonchev–Trinajstić information content (AvgIpc) is 3.31. The molecule has 146 valence electrons. The van der Waals surface area contributed by atoms with Gasteiger partial charge in [0, 0.05) is 12.5 Å². The van der Waals surface area contributed by atoms with Gasteiger partial charge in [-0.2, -0.15) is 0 Å². The van der Waals surface area contributed by atoms with E-state index in [1.54, 1.807) is 7.11 Å². The lowest BCUT2D eigenvalue weighted by atomic mass is 9.95. The maximum Gasteiger partial charge on any atom is 0.223 e. The average molecular weight is 383 g/mol. The van der Waals surface area contributed by atoms with E-state index in [4.69, 9.17) is 15.2 Å². The van der Waals surface area contributed by atoms with Crippen LogP contribution in [0.1, 0.15) is 50.5 Å². The van der Waals surface area contributed by atoms with Gasteiger partial charge in [0.2, 0.25) is 5.91 Å². The Hall–Kier alpha value is -1.46. The van der Waals surface area contributed by atoms with Crippen molar-refractivity contribution in [2.45, 2.75) is 57.6 Å². The van der Waals surface area contributed by atoms with Gasteiger partial charge in [0.15, 0.2) is 11.5 Å². The summed E-state index contributed by atoms with van der Waals surface area (Å²) in [6, 6.07) is 5.92. The minimum Gasteiger partial charge on any atom is -0.493 e. The van der Waals surface area contributed by atoms with Gasteiger partial charge in [-0.25, -0.2) is 0 Å². The summed E-state index contributed by atoms with van der Waals surface area (Å²) < 4.78 is 11.5. The highest BCUT2D eigenvalue weighted by Crippen LogP contribution is 2.33. The first-order valence-corrected chi connectivity index (χ1v) is 9.52. The van der Waals surface area contributed by atoms with Gasteiger partial charge in [0.1, 0.15) is 0 Å². The number of hydrogen-bond donors (Lipinski definition) is 2. The van der Waals surface area contributed by atoms with E-state index in [1.165, 1.54) is 12.8 Å². The second-order valence-electron chi connectivity index (χ2n) is 7.26. The predicted octanol–water partition coefficient (Wildman–Crippen LogP) is 3.43. The highest BCUT2D eigenvalue weighted by atomic mass is 35.5. The van der Waals surface area contributed by atoms with Crippen LogP contribution in [0.5, 0.6) is 11.5 Å². The monoisotopic (exact) mass is 382 g/mol. The van der Waals surface area contributed by atoms with Gasteiger partial charge in [-0.3, -0.25) is 4.79 Å². The lowest BCUT2D eigenvalue weighted by Crippen LogP contribution is -2.34. The van der Waals surface area contributed by atoms with Crippen LogP contribution in [-0.2, 0) is 11.3 Å². The Kier molecular flexibility index (Phi) is 8.04. The molecule has 1 aromatic carbocycles. The zero-order valence-electron chi connectivity index (χ0n) is 15.5. The van der Waals surface area contributed by atoms with E-state index < -0.39 is 0 Å². The molecule has 26 heavy (non-hydrogen) atoms. The number of halogens is 1. The van der Waals surface area contributed by atoms with Gasteiger partial charge < -0.3 is 20.5 Å². The van der Waals surface area contributed by atoms with Crippen molar-refractivity contribution in [2.75, 3.05) is 13.7 Å². The standard InChI is InChI=1S/C20H30N2O3.ClH/c1-24-19-11-14(9-10-18(19)25-16-6-2-3-7-16)13-22-20(23)17-8-4-5-15(17)12-21;/h9-11,15-17H,2-8,12-13,21H2,1H3,(H,22,23);1H/t15-,17-;/m1./s1. The van der Waals surface area contributed by atoms with Crippen molar-refractivity contribution in [3.05, 3.63) is 23.8 Å². The van der Waals surface area contributed by atoms with Crippen molar-refractivity contribution in [2.24, 2.45) is 17.6 Å². The lowest BCUT2D eigenvalue weighted by Gasteiger charge is -2.18. The van der Waals surface area contributed by atoms with Crippen molar-refractivity contribution in [3.8, 4) is 11.5 Å². The smallest absolute Gasteiger partial charge is 0.223 e. The van der Waals surface area contributed by atoms with Crippen LogP contribution < -0.4 is 20.5 Å². The SMILES string of the molecule is COc1cc(CNC(=O)[C@@H]2CCC[C@@H]2CN)ccc1OC1CCCC1.Cl. The topological polar surface area (TPSA) is 73.6 Å². The van der Waals surface area contributed by atoms with Gasteiger partial charge in [-0.05, 0) is 68.7 Å². The molecule has 6 heteroatoms. The Morgan fingerprint density at radius 3 is 2.62 bits per heavy atom. The molecule has 2 aliphatic carbocycles. The van der Waals surface area contributed by atoms with E-state index in [0.29, 0.717) is 25.1 Å². The number of carbonyl (C=O) groups is 1. The number of nitrogens with one attached hydrogen (secondary N) is 1. The molecule has 0 aliphatic heterocycles. The molecule has 5 nitrogen and oxygen atoms in total. The molecule has 3 N–H and O–H groups in total. The van der Waals surface area contributed by atoms with Gasteiger partial charge in [-0.15, -0.1) is 12.4 Å². The van der Waals surface area contributed by atoms with Gasteiger partial charge >= 0.3 is 0 Å². The number of benzene rings is 1. The number of rotatable bonds is 7. The van der Waals surface area contributed by atoms with E-state index in [-0.39, 0.29) is 24.2 Å². The van der Waals surface area contributed by atoms with E-state index in [2.05, 4.69) is 5.32 Å². The summed E-state index contributed by atoms with van der Waals surface area (Å²) >= 11 is 0. The Morgan fingerprint density at radius 1 is 1.15 bits per heavy atom. The summed E-state index contributed by atoms with van der Waals surface area (Å²) in [5.74, 6) is 2.05. The van der Waals surface area contributed by atoms with Crippen molar-refractivity contribution >= 4 is 18.3 Å². The quantitative estimate of drug-likeness (QED) is 0.757. The minimum atomic E-state index is 0. The van der Waals surface area contributed by atoms with Crippen LogP contribution in [0, 0.1) is 11.8 Å². The van der Waals surface area contributed by atoms with Crippen LogP contribution in [-0.4, -0.2) is 25.7 Å². The molecule has 3 rings (SSSR count). The lowest BCUT2D eigenvalue weighted by molar-refractivity contribution is -0.126. The number of methoxy groups -OCH3 is 1. The number of carbonyl (C=O) groups excluding carboxylic acids is 1. The summed E-state index contributed by atoms with van der Waals surface area (Å²) in [4.78, 5) is 12.4. The molecular weight excluding hydrogens is 352 g/mol. The number of hydrogen-bond acceptors (Lipinski definition) is 4. The highest BCUT2D eigenvalue weighted by molar-refractivity contribution is 5.85. The molecule has 2 saturated carbocycles. The molecule has 1 aromatic rings. The van der Waals surface area contributed by atoms with Crippen molar-refractivity contribution < 1.29 is 14.3 Å². The Balaban J connectivity index is 0.00000243. The van der Waals surface area contributed by atoms with Crippen LogP contribution in [0.15, 0.2) is 18.2 Å². The summed E-state index contributed by atoms with van der Waals surface area (Å²) in [5, 5.41) is 3.06. The summed E-state index contributed by atoms with van der Waals surface area (Å²) in [6.45, 7) is 1.10. The molecular formula is C20H31ClN2O3. The van der Waals surface area contributed by atoms with Crippen molar-refractivity contribution in [1.29, 1.82) is 0 Å². The largest absolute Gasteiger partial charge is 0.493 e. The molecule has 2 aliphatic rings. The fourth-order valence-electron chi connectivity index (χ4n) is 4.09. The zero-order valence-corrected chi connectivity index (χ0v) is 16.4. The first kappa shape index (κ1) is 20.8. The molecule has 2 fully saturated rings. The molecule has 0 spiro atoms. The van der Waals surface area contributed by atoms with Gasteiger partial charge in [-0.1, -0.05) is 12.5 Å². The second-order valence-corrected chi connectivity index (χ2v) is 7.26. The van der Waals surface area contributed by atoms with E-state index in [0.717, 1.165) is 49.2 Å². The Bertz CT molecular complexity index is 590. The zero-order chi connectivity index (χ0) is 17.6. The Labute approximate surface area is 162 Å². The number of nitrogens with two attached hydrogens (primary N) is 1. The second kappa shape index (κ2) is 10.0. The maximum atomic E-state index is 12.4. The number of amides is 1. The van der Waals surface area contributed by atoms with Crippen LogP contribution >= 0.6 is 12.4 Å². The van der Waals surface area contributed by atoms with Crippen molar-refractivity contribution in [3.63, 3.8) is 0 Å². The van der Waals surface area contributed by atoms with E-state index in [1.807, 2.05) is 18.2 Å². The fourth-order valence-corrected chi connectivity index (χ4v) is 4.09. The van der Waals surface area contributed by atoms with Gasteiger partial charge in [0.25, 0.3) is 0 Å². The van der Waals surface area contributed by atoms with Crippen molar-refractivity contribution in [1.82, 2.24) is 5.32 Å². The van der Waals surface area contributed by atoms with Crippen LogP contribution in [0.2, 0.25) is 0 Å². The first-order valence-electron chi connectivity index (χ1n) is 9.52. The van der Waals surface area contributed by atoms with E-state index in [9.17, 15) is 4.79 Å². The molecule has 0 unspecified atom stereocenters. The summed E-state index contributed by atoms with van der Waals surface area (Å²) in [6.07, 6.45) is 8.12. The third-order valence-corrected chi connectivity index (χ3v) is 5.59. The molecule has 0 saturated heterocycles. The molecule has 1 amide bonds. The minimum absolute atomic E-state index is 0. The molecule has 0 radical (unpaired) electrons. The molecule has 0 aromatic heterocycles. The molecule has 2 atom stereocenters. The summed E-state index contributed by atoms with van der Waals surface area (Å²) in [7, 11) is 1.66. The van der Waals surface area contributed by atoms with Crippen LogP contribution in [0.3, 0.4) is 0 Å². The summed E-state index contributed by atoms with van der Waals surface area (Å²) in [5.41, 5.74) is 6.80. The van der Waals surface area contributed by atoms with E-state index >= 15 is 0 Å². The van der Waals surface area contributed by atoms with Gasteiger partial charge in [0.05, 0.1) is 13.2 Å². The molecule has 0 heterocycles. The first-order chi connectivity index (χ1) is 12.2. The van der Waals surface area contributed by atoms with Crippen LogP contribution in [0.25, 0.3) is 0 Å². The maximum absolute atomic E-state index is 12.4. The molecule has 0 bridgehead atoms. The predicted molar refractivity (Wildman–Crippen MR) is 105 cm³/mol. The fraction of sp³-hybridized carbons (Fsp3) is 0.650. The third-order valence-electron chi connectivity index (χ3n) is 5.59. The highest BCUT2D eigenvalue weighted by Gasteiger charge is 2.31. The number of ether oxygens (including phenoxy) is 2. The van der Waals surface area contributed by atoms with Crippen LogP contribution in [0.4, 0.5) is 0 Å².